The largest absolute Gasteiger partial charge is 0.481 e. The van der Waals surface area contributed by atoms with E-state index in [1.54, 1.807) is 13.0 Å². The number of nitrogens with zero attached hydrogens (tertiary/aromatic N) is 3. The molecular formula is C19H16N4O7. The van der Waals surface area contributed by atoms with Crippen LogP contribution in [0, 0.1) is 20.2 Å². The summed E-state index contributed by atoms with van der Waals surface area (Å²) in [6.45, 7) is 5.73. The van der Waals surface area contributed by atoms with Crippen LogP contribution in [0.4, 0.5) is 22.7 Å². The standard InChI is InChI=1S/C19H16N4O7/c1-11(2)9-21-16-4-3-13(7-17(16)30-10-18(21)24)20-19(25)12-5-14(22(26)27)8-15(6-12)23(28)29/h3-8H,1,9-10H2,2H3,(H,20,25). The molecule has 1 heterocycles. The van der Waals surface area contributed by atoms with Crippen molar-refractivity contribution in [2.24, 2.45) is 0 Å². The van der Waals surface area contributed by atoms with E-state index in [0.717, 1.165) is 23.8 Å². The maximum Gasteiger partial charge on any atom is 0.277 e. The molecule has 0 spiro atoms. The van der Waals surface area contributed by atoms with Crippen molar-refractivity contribution in [1.29, 1.82) is 0 Å². The van der Waals surface area contributed by atoms with Gasteiger partial charge in [-0.25, -0.2) is 0 Å². The van der Waals surface area contributed by atoms with Gasteiger partial charge in [0.2, 0.25) is 0 Å². The molecule has 1 aliphatic rings. The average Bonchev–Trinajstić information content (AvgIpc) is 2.69. The molecule has 2 aromatic rings. The van der Waals surface area contributed by atoms with Crippen molar-refractivity contribution < 1.29 is 24.2 Å². The van der Waals surface area contributed by atoms with Crippen LogP contribution in [0.1, 0.15) is 17.3 Å². The van der Waals surface area contributed by atoms with Crippen LogP contribution in [-0.4, -0.2) is 34.8 Å². The fourth-order valence-electron chi connectivity index (χ4n) is 2.87. The number of amides is 2. The quantitative estimate of drug-likeness (QED) is 0.436. The second-order valence-electron chi connectivity index (χ2n) is 6.61. The molecular weight excluding hydrogens is 396 g/mol. The van der Waals surface area contributed by atoms with Gasteiger partial charge in [-0.2, -0.15) is 0 Å². The Balaban J connectivity index is 1.88. The number of anilines is 2. The summed E-state index contributed by atoms with van der Waals surface area (Å²) in [6, 6.07) is 7.28. The van der Waals surface area contributed by atoms with Gasteiger partial charge in [0.25, 0.3) is 23.2 Å². The number of ether oxygens (including phenoxy) is 1. The van der Waals surface area contributed by atoms with Crippen molar-refractivity contribution in [3.8, 4) is 5.75 Å². The summed E-state index contributed by atoms with van der Waals surface area (Å²) in [7, 11) is 0. The van der Waals surface area contributed by atoms with E-state index in [2.05, 4.69) is 11.9 Å². The molecule has 154 valence electrons. The summed E-state index contributed by atoms with van der Waals surface area (Å²) in [5, 5.41) is 24.5. The van der Waals surface area contributed by atoms with Gasteiger partial charge in [0, 0.05) is 30.4 Å². The second kappa shape index (κ2) is 7.99. The first-order valence-electron chi connectivity index (χ1n) is 8.62. The van der Waals surface area contributed by atoms with Crippen LogP contribution in [0.5, 0.6) is 5.75 Å². The first-order chi connectivity index (χ1) is 14.2. The van der Waals surface area contributed by atoms with Crippen LogP contribution >= 0.6 is 0 Å². The Kier molecular flexibility index (Phi) is 5.45. The van der Waals surface area contributed by atoms with Crippen molar-refractivity contribution in [3.63, 3.8) is 0 Å². The van der Waals surface area contributed by atoms with Crippen molar-refractivity contribution in [2.75, 3.05) is 23.4 Å². The molecule has 0 fully saturated rings. The minimum Gasteiger partial charge on any atom is -0.481 e. The van der Waals surface area contributed by atoms with E-state index in [9.17, 15) is 29.8 Å². The fraction of sp³-hybridized carbons (Fsp3) is 0.158. The Morgan fingerprint density at radius 3 is 2.37 bits per heavy atom. The highest BCUT2D eigenvalue weighted by atomic mass is 16.6. The molecule has 0 saturated heterocycles. The third kappa shape index (κ3) is 4.24. The van der Waals surface area contributed by atoms with Gasteiger partial charge in [-0.05, 0) is 19.1 Å². The van der Waals surface area contributed by atoms with E-state index in [-0.39, 0.29) is 23.8 Å². The minimum absolute atomic E-state index is 0.172. The third-order valence-corrected chi connectivity index (χ3v) is 4.18. The molecule has 1 aliphatic heterocycles. The van der Waals surface area contributed by atoms with Gasteiger partial charge in [0.05, 0.1) is 27.2 Å². The number of nitro groups is 2. The van der Waals surface area contributed by atoms with Crippen molar-refractivity contribution in [2.45, 2.75) is 6.92 Å². The van der Waals surface area contributed by atoms with E-state index < -0.39 is 27.1 Å². The summed E-state index contributed by atoms with van der Waals surface area (Å²) >= 11 is 0. The number of rotatable bonds is 6. The van der Waals surface area contributed by atoms with Crippen LogP contribution in [0.3, 0.4) is 0 Å². The van der Waals surface area contributed by atoms with Gasteiger partial charge >= 0.3 is 0 Å². The zero-order valence-corrected chi connectivity index (χ0v) is 15.8. The van der Waals surface area contributed by atoms with E-state index in [1.807, 2.05) is 0 Å². The lowest BCUT2D eigenvalue weighted by Crippen LogP contribution is -2.39. The highest BCUT2D eigenvalue weighted by Gasteiger charge is 2.26. The van der Waals surface area contributed by atoms with Crippen LogP contribution < -0.4 is 15.0 Å². The molecule has 1 N–H and O–H groups in total. The molecule has 30 heavy (non-hydrogen) atoms. The molecule has 0 bridgehead atoms. The molecule has 0 aromatic heterocycles. The highest BCUT2D eigenvalue weighted by Crippen LogP contribution is 2.35. The maximum atomic E-state index is 12.5. The molecule has 11 nitrogen and oxygen atoms in total. The summed E-state index contributed by atoms with van der Waals surface area (Å²) in [5.41, 5.74) is 0.194. The van der Waals surface area contributed by atoms with Crippen LogP contribution in [-0.2, 0) is 4.79 Å². The first kappa shape index (κ1) is 20.5. The van der Waals surface area contributed by atoms with Crippen LogP contribution in [0.15, 0.2) is 48.6 Å². The van der Waals surface area contributed by atoms with Gasteiger partial charge in [-0.1, -0.05) is 12.2 Å². The van der Waals surface area contributed by atoms with Gasteiger partial charge in [-0.15, -0.1) is 0 Å². The first-order valence-corrected chi connectivity index (χ1v) is 8.62. The van der Waals surface area contributed by atoms with Crippen molar-refractivity contribution in [1.82, 2.24) is 0 Å². The molecule has 2 amide bonds. The number of hydrogen-bond acceptors (Lipinski definition) is 7. The molecule has 0 radical (unpaired) electrons. The average molecular weight is 412 g/mol. The predicted molar refractivity (Wildman–Crippen MR) is 107 cm³/mol. The topological polar surface area (TPSA) is 145 Å². The Morgan fingerprint density at radius 2 is 1.80 bits per heavy atom. The van der Waals surface area contributed by atoms with E-state index in [4.69, 9.17) is 4.74 Å². The number of nitro benzene ring substituents is 2. The van der Waals surface area contributed by atoms with Gasteiger partial charge < -0.3 is 15.0 Å². The number of non-ortho nitro benzene ring substituents is 2. The van der Waals surface area contributed by atoms with Crippen molar-refractivity contribution in [3.05, 3.63) is 74.3 Å². The lowest BCUT2D eigenvalue weighted by molar-refractivity contribution is -0.394. The number of nitrogens with one attached hydrogen (secondary N) is 1. The number of carbonyl (C=O) groups is 2. The summed E-state index contributed by atoms with van der Waals surface area (Å²) in [4.78, 5) is 46.5. The number of fused-ring (bicyclic) bond motifs is 1. The van der Waals surface area contributed by atoms with Crippen molar-refractivity contribution >= 4 is 34.6 Å². The van der Waals surface area contributed by atoms with Gasteiger partial charge in [-0.3, -0.25) is 29.8 Å². The molecule has 0 aliphatic carbocycles. The van der Waals surface area contributed by atoms with Gasteiger partial charge in [0.1, 0.15) is 5.75 Å². The third-order valence-electron chi connectivity index (χ3n) is 4.18. The number of benzene rings is 2. The molecule has 0 unspecified atom stereocenters. The SMILES string of the molecule is C=C(C)CN1C(=O)COc2cc(NC(=O)c3cc([N+](=O)[O-])cc([N+](=O)[O-])c3)ccc21. The van der Waals surface area contributed by atoms with Gasteiger partial charge in [0.15, 0.2) is 6.61 Å². The Morgan fingerprint density at radius 1 is 1.17 bits per heavy atom. The Labute approximate surface area is 169 Å². The van der Waals surface area contributed by atoms with E-state index >= 15 is 0 Å². The molecule has 3 rings (SSSR count). The van der Waals surface area contributed by atoms with Crippen LogP contribution in [0.2, 0.25) is 0 Å². The number of hydrogen-bond donors (Lipinski definition) is 1. The maximum absolute atomic E-state index is 12.5. The fourth-order valence-corrected chi connectivity index (χ4v) is 2.87. The molecule has 2 aromatic carbocycles. The Hall–Kier alpha value is -4.28. The summed E-state index contributed by atoms with van der Waals surface area (Å²) in [5.74, 6) is -0.641. The summed E-state index contributed by atoms with van der Waals surface area (Å²) in [6.07, 6.45) is 0. The molecule has 0 saturated carbocycles. The van der Waals surface area contributed by atoms with Crippen LogP contribution in [0.25, 0.3) is 0 Å². The zero-order chi connectivity index (χ0) is 22.0. The molecule has 0 atom stereocenters. The predicted octanol–water partition coefficient (Wildman–Crippen LogP) is 3.06. The van der Waals surface area contributed by atoms with E-state index in [1.165, 1.54) is 17.0 Å². The van der Waals surface area contributed by atoms with E-state index in [0.29, 0.717) is 18.0 Å². The number of carbonyl (C=O) groups excluding carboxylic acids is 2. The smallest absolute Gasteiger partial charge is 0.277 e. The Bertz CT molecular complexity index is 1060. The summed E-state index contributed by atoms with van der Waals surface area (Å²) < 4.78 is 5.43. The monoisotopic (exact) mass is 412 g/mol. The second-order valence-corrected chi connectivity index (χ2v) is 6.61. The molecule has 11 heteroatoms. The minimum atomic E-state index is -0.816. The highest BCUT2D eigenvalue weighted by molar-refractivity contribution is 6.06. The zero-order valence-electron chi connectivity index (χ0n) is 15.8. The lowest BCUT2D eigenvalue weighted by atomic mass is 10.1. The lowest BCUT2D eigenvalue weighted by Gasteiger charge is -2.29. The normalized spacial score (nSPS) is 12.6.